The molecule has 6 rings (SSSR count). The van der Waals surface area contributed by atoms with Crippen LogP contribution >= 0.6 is 0 Å². The molecule has 1 aromatic carbocycles. The summed E-state index contributed by atoms with van der Waals surface area (Å²) in [5.41, 5.74) is 3.80. The van der Waals surface area contributed by atoms with Crippen molar-refractivity contribution in [1.82, 2.24) is 25.3 Å². The Morgan fingerprint density at radius 3 is 2.61 bits per heavy atom. The van der Waals surface area contributed by atoms with Gasteiger partial charge in [0, 0.05) is 49.2 Å². The van der Waals surface area contributed by atoms with Crippen LogP contribution in [0.5, 0.6) is 6.01 Å². The number of nitrogens with one attached hydrogen (secondary N) is 2. The van der Waals surface area contributed by atoms with Gasteiger partial charge in [-0.25, -0.2) is 19.7 Å². The van der Waals surface area contributed by atoms with Crippen molar-refractivity contribution in [2.75, 3.05) is 61.6 Å². The first-order valence-electron chi connectivity index (χ1n) is 16.0. The molecule has 44 heavy (non-hydrogen) atoms. The molecule has 2 N–H and O–H groups in total. The van der Waals surface area contributed by atoms with Crippen LogP contribution in [0.25, 0.3) is 11.4 Å². The molecule has 11 nitrogen and oxygen atoms in total. The molecule has 4 heterocycles. The molecule has 2 aromatic heterocycles. The Morgan fingerprint density at radius 2 is 1.89 bits per heavy atom. The fourth-order valence-corrected chi connectivity index (χ4v) is 6.47. The summed E-state index contributed by atoms with van der Waals surface area (Å²) in [6.07, 6.45) is 8.80. The largest absolute Gasteiger partial charge is 0.467 e. The van der Waals surface area contributed by atoms with Gasteiger partial charge in [-0.1, -0.05) is 26.2 Å². The zero-order valence-electron chi connectivity index (χ0n) is 26.1. The third-order valence-electron chi connectivity index (χ3n) is 9.37. The Kier molecular flexibility index (Phi) is 9.40. The van der Waals surface area contributed by atoms with Crippen LogP contribution in [0.3, 0.4) is 0 Å². The highest BCUT2D eigenvalue weighted by molar-refractivity contribution is 5.89. The van der Waals surface area contributed by atoms with Gasteiger partial charge in [0.25, 0.3) is 0 Å². The van der Waals surface area contributed by atoms with Crippen molar-refractivity contribution in [2.45, 2.75) is 58.4 Å². The molecule has 2 fully saturated rings. The summed E-state index contributed by atoms with van der Waals surface area (Å²) in [5, 5.41) is 5.97. The average molecular weight is 601 g/mol. The van der Waals surface area contributed by atoms with Crippen LogP contribution in [-0.4, -0.2) is 72.5 Å². The van der Waals surface area contributed by atoms with Gasteiger partial charge in [0.05, 0.1) is 32.1 Å². The van der Waals surface area contributed by atoms with Gasteiger partial charge in [0.15, 0.2) is 5.82 Å². The van der Waals surface area contributed by atoms with E-state index in [-0.39, 0.29) is 12.1 Å². The topological polar surface area (TPSA) is 118 Å². The number of morpholine rings is 1. The Labute approximate surface area is 259 Å². The summed E-state index contributed by atoms with van der Waals surface area (Å²) in [4.78, 5) is 36.1. The zero-order chi connectivity index (χ0) is 30.5. The molecule has 1 aliphatic carbocycles. The van der Waals surface area contributed by atoms with E-state index in [0.29, 0.717) is 31.6 Å². The summed E-state index contributed by atoms with van der Waals surface area (Å²) in [5.74, 6) is 4.09. The van der Waals surface area contributed by atoms with Crippen molar-refractivity contribution in [3.8, 4) is 17.4 Å². The van der Waals surface area contributed by atoms with Crippen molar-refractivity contribution in [3.05, 3.63) is 47.8 Å². The summed E-state index contributed by atoms with van der Waals surface area (Å²) < 4.78 is 10.9. The predicted molar refractivity (Wildman–Crippen MR) is 171 cm³/mol. The van der Waals surface area contributed by atoms with Crippen LogP contribution in [-0.2, 0) is 11.2 Å². The van der Waals surface area contributed by atoms with Crippen molar-refractivity contribution in [1.29, 1.82) is 0 Å². The van der Waals surface area contributed by atoms with E-state index in [0.717, 1.165) is 79.3 Å². The highest BCUT2D eigenvalue weighted by atomic mass is 16.5. The summed E-state index contributed by atoms with van der Waals surface area (Å²) in [6.45, 7) is 8.92. The molecule has 1 saturated carbocycles. The quantitative estimate of drug-likeness (QED) is 0.301. The molecule has 2 aliphatic heterocycles. The highest BCUT2D eigenvalue weighted by Gasteiger charge is 2.32. The van der Waals surface area contributed by atoms with E-state index in [4.69, 9.17) is 19.4 Å². The smallest absolute Gasteiger partial charge is 0.319 e. The number of rotatable bonds is 10. The second kappa shape index (κ2) is 13.8. The first-order chi connectivity index (χ1) is 21.5. The molecule has 234 valence electrons. The lowest BCUT2D eigenvalue weighted by Gasteiger charge is -2.38. The molecule has 3 aliphatic rings. The van der Waals surface area contributed by atoms with Gasteiger partial charge in [-0.2, -0.15) is 4.98 Å². The number of anilines is 3. The number of aromatic nitrogens is 4. The van der Waals surface area contributed by atoms with E-state index in [1.807, 2.05) is 30.3 Å². The third-order valence-corrected chi connectivity index (χ3v) is 9.37. The molecule has 11 heteroatoms. The minimum absolute atomic E-state index is 0.0266. The van der Waals surface area contributed by atoms with Gasteiger partial charge in [-0.05, 0) is 68.4 Å². The lowest BCUT2D eigenvalue weighted by Crippen LogP contribution is -2.40. The van der Waals surface area contributed by atoms with Crippen molar-refractivity contribution < 1.29 is 14.3 Å². The molecular weight excluding hydrogens is 556 g/mol. The second-order valence-electron chi connectivity index (χ2n) is 12.1. The van der Waals surface area contributed by atoms with Crippen LogP contribution in [0, 0.1) is 11.8 Å². The van der Waals surface area contributed by atoms with E-state index in [2.05, 4.69) is 44.2 Å². The summed E-state index contributed by atoms with van der Waals surface area (Å²) in [6, 6.07) is 9.82. The van der Waals surface area contributed by atoms with Crippen LogP contribution in [0.2, 0.25) is 0 Å². The van der Waals surface area contributed by atoms with Gasteiger partial charge in [-0.3, -0.25) is 0 Å². The number of benzene rings is 1. The van der Waals surface area contributed by atoms with Gasteiger partial charge in [0.1, 0.15) is 11.6 Å². The van der Waals surface area contributed by atoms with Crippen LogP contribution in [0.15, 0.2) is 36.5 Å². The fraction of sp³-hybridized carbons (Fsp3) is 0.545. The SMILES string of the molecule is COc1nccc(N2CCc3c(nc(-c4ccc(NC(=O)NCCCC(C)C5CCC5)cc4)nc3N3CCOCC3)C2C)n1. The molecular formula is C33H44N8O3. The Morgan fingerprint density at radius 1 is 1.09 bits per heavy atom. The van der Waals surface area contributed by atoms with E-state index in [1.54, 1.807) is 13.3 Å². The molecule has 0 spiro atoms. The number of fused-ring (bicyclic) bond motifs is 1. The van der Waals surface area contributed by atoms with E-state index < -0.39 is 0 Å². The van der Waals surface area contributed by atoms with Gasteiger partial charge < -0.3 is 29.9 Å². The van der Waals surface area contributed by atoms with E-state index in [9.17, 15) is 4.79 Å². The molecule has 0 bridgehead atoms. The summed E-state index contributed by atoms with van der Waals surface area (Å²) in [7, 11) is 1.58. The number of hydrogen-bond acceptors (Lipinski definition) is 9. The maximum Gasteiger partial charge on any atom is 0.319 e. The molecule has 2 atom stereocenters. The maximum absolute atomic E-state index is 12.5. The number of methoxy groups -OCH3 is 1. The number of ether oxygens (including phenoxy) is 2. The standard InChI is InChI=1S/C33H44N8O3/c1-22(24-7-4-8-24)6-5-15-34-32(42)36-26-11-9-25(10-12-26)30-38-29-23(2)41(28-13-16-35-33(37-28)43-3)17-14-27(29)31(39-30)40-18-20-44-21-19-40/h9-13,16,22-24H,4-8,14-15,17-21H2,1-3H3,(H2,34,36,42). The average Bonchev–Trinajstić information content (AvgIpc) is 3.03. The van der Waals surface area contributed by atoms with Gasteiger partial charge >= 0.3 is 12.0 Å². The van der Waals surface area contributed by atoms with E-state index >= 15 is 0 Å². The highest BCUT2D eigenvalue weighted by Crippen LogP contribution is 2.38. The third kappa shape index (κ3) is 6.72. The van der Waals surface area contributed by atoms with Gasteiger partial charge in [-0.15, -0.1) is 0 Å². The number of carbonyl (C=O) groups excluding carboxylic acids is 1. The monoisotopic (exact) mass is 600 g/mol. The fourth-order valence-electron chi connectivity index (χ4n) is 6.47. The van der Waals surface area contributed by atoms with Crippen LogP contribution in [0.1, 0.15) is 63.3 Å². The lowest BCUT2D eigenvalue weighted by atomic mass is 9.75. The Bertz CT molecular complexity index is 1430. The molecule has 1 saturated heterocycles. The second-order valence-corrected chi connectivity index (χ2v) is 12.1. The molecule has 2 amide bonds. The molecule has 0 radical (unpaired) electrons. The maximum atomic E-state index is 12.5. The number of amides is 2. The normalized spacial score (nSPS) is 19.1. The molecule has 2 unspecified atom stereocenters. The first kappa shape index (κ1) is 30.1. The predicted octanol–water partition coefficient (Wildman–Crippen LogP) is 5.24. The van der Waals surface area contributed by atoms with Crippen LogP contribution < -0.4 is 25.2 Å². The Hall–Kier alpha value is -3.99. The van der Waals surface area contributed by atoms with Crippen molar-refractivity contribution in [2.24, 2.45) is 11.8 Å². The zero-order valence-corrected chi connectivity index (χ0v) is 26.1. The minimum atomic E-state index is -0.177. The number of carbonyl (C=O) groups is 1. The lowest BCUT2D eigenvalue weighted by molar-refractivity contribution is 0.122. The van der Waals surface area contributed by atoms with E-state index in [1.165, 1.54) is 24.8 Å². The van der Waals surface area contributed by atoms with Gasteiger partial charge in [0.2, 0.25) is 0 Å². The van der Waals surface area contributed by atoms with Crippen LogP contribution in [0.4, 0.5) is 22.1 Å². The minimum Gasteiger partial charge on any atom is -0.467 e. The number of urea groups is 1. The van der Waals surface area contributed by atoms with Crippen molar-refractivity contribution >= 4 is 23.4 Å². The first-order valence-corrected chi connectivity index (χ1v) is 16.0. The summed E-state index contributed by atoms with van der Waals surface area (Å²) >= 11 is 0. The van der Waals surface area contributed by atoms with Crippen molar-refractivity contribution in [3.63, 3.8) is 0 Å². The molecule has 3 aromatic rings. The Balaban J connectivity index is 1.17. The number of nitrogens with zero attached hydrogens (tertiary/aromatic N) is 6. The number of hydrogen-bond donors (Lipinski definition) is 2.